The molecule has 19 heavy (non-hydrogen) atoms. The highest BCUT2D eigenvalue weighted by Gasteiger charge is 2.16. The Balaban J connectivity index is 2.83. The van der Waals surface area contributed by atoms with Crippen molar-refractivity contribution in [1.29, 1.82) is 0 Å². The topological polar surface area (TPSA) is 74.7 Å². The zero-order chi connectivity index (χ0) is 14.5. The highest BCUT2D eigenvalue weighted by atomic mass is 32.2. The lowest BCUT2D eigenvalue weighted by Crippen LogP contribution is -2.26. The molecule has 0 aliphatic rings. The Morgan fingerprint density at radius 1 is 1.32 bits per heavy atom. The molecule has 0 atom stereocenters. The molecule has 1 aromatic rings. The molecule has 0 aromatic heterocycles. The van der Waals surface area contributed by atoms with E-state index in [2.05, 4.69) is 0 Å². The van der Waals surface area contributed by atoms with E-state index in [4.69, 9.17) is 5.11 Å². The van der Waals surface area contributed by atoms with Gasteiger partial charge in [-0.05, 0) is 38.2 Å². The molecule has 0 saturated carbocycles. The van der Waals surface area contributed by atoms with E-state index in [9.17, 15) is 13.2 Å². The van der Waals surface area contributed by atoms with Crippen molar-refractivity contribution in [3.8, 4) is 0 Å². The van der Waals surface area contributed by atoms with Crippen molar-refractivity contribution >= 4 is 15.8 Å². The molecule has 1 aromatic carbocycles. The minimum atomic E-state index is -3.43. The minimum Gasteiger partial charge on any atom is -0.478 e. The number of carboxylic acid groups (broad SMARTS) is 1. The number of sulfone groups is 1. The summed E-state index contributed by atoms with van der Waals surface area (Å²) in [6.45, 7) is 3.31. The summed E-state index contributed by atoms with van der Waals surface area (Å²) in [7, 11) is -1.57. The van der Waals surface area contributed by atoms with E-state index < -0.39 is 15.8 Å². The summed E-state index contributed by atoms with van der Waals surface area (Å²) >= 11 is 0. The Labute approximate surface area is 113 Å². The molecular formula is C13H19NO4S. The van der Waals surface area contributed by atoms with Gasteiger partial charge >= 0.3 is 5.97 Å². The van der Waals surface area contributed by atoms with Crippen LogP contribution in [-0.4, -0.2) is 50.3 Å². The van der Waals surface area contributed by atoms with Gasteiger partial charge in [0.05, 0.1) is 16.2 Å². The second-order valence-electron chi connectivity index (χ2n) is 4.46. The van der Waals surface area contributed by atoms with Crippen LogP contribution in [-0.2, 0) is 9.84 Å². The molecule has 0 fully saturated rings. The second-order valence-corrected chi connectivity index (χ2v) is 6.56. The molecule has 0 radical (unpaired) electrons. The number of hydrogen-bond acceptors (Lipinski definition) is 4. The van der Waals surface area contributed by atoms with E-state index in [1.807, 2.05) is 18.9 Å². The second kappa shape index (κ2) is 6.68. The van der Waals surface area contributed by atoms with E-state index in [-0.39, 0.29) is 16.2 Å². The van der Waals surface area contributed by atoms with Gasteiger partial charge in [-0.3, -0.25) is 0 Å². The first-order valence-electron chi connectivity index (χ1n) is 6.11. The van der Waals surface area contributed by atoms with Gasteiger partial charge < -0.3 is 10.0 Å². The van der Waals surface area contributed by atoms with E-state index in [1.54, 1.807) is 0 Å². The van der Waals surface area contributed by atoms with Gasteiger partial charge in [0.25, 0.3) is 0 Å². The van der Waals surface area contributed by atoms with Crippen molar-refractivity contribution < 1.29 is 18.3 Å². The third-order valence-corrected chi connectivity index (χ3v) is 4.48. The molecule has 0 aliphatic heterocycles. The largest absolute Gasteiger partial charge is 0.478 e. The van der Waals surface area contributed by atoms with Crippen molar-refractivity contribution in [2.75, 3.05) is 25.9 Å². The molecular weight excluding hydrogens is 266 g/mol. The standard InChI is InChI=1S/C13H19NO4S/c1-3-7-14(2)8-9-19(17,18)12-6-4-5-11(10-12)13(15)16/h4-6,10H,3,7-9H2,1-2H3,(H,15,16). The fraction of sp³-hybridized carbons (Fsp3) is 0.462. The molecule has 0 unspecified atom stereocenters. The summed E-state index contributed by atoms with van der Waals surface area (Å²) in [6.07, 6.45) is 0.963. The molecule has 0 aliphatic carbocycles. The number of aromatic carboxylic acids is 1. The third kappa shape index (κ3) is 4.65. The summed E-state index contributed by atoms with van der Waals surface area (Å²) in [6, 6.07) is 5.47. The molecule has 6 heteroatoms. The van der Waals surface area contributed by atoms with Crippen LogP contribution in [0.2, 0.25) is 0 Å². The van der Waals surface area contributed by atoms with Crippen molar-refractivity contribution in [1.82, 2.24) is 4.90 Å². The van der Waals surface area contributed by atoms with Crippen LogP contribution in [0, 0.1) is 0 Å². The average molecular weight is 285 g/mol. The SMILES string of the molecule is CCCN(C)CCS(=O)(=O)c1cccc(C(=O)O)c1. The zero-order valence-electron chi connectivity index (χ0n) is 11.2. The maximum atomic E-state index is 12.1. The van der Waals surface area contributed by atoms with Crippen LogP contribution < -0.4 is 0 Å². The van der Waals surface area contributed by atoms with Crippen LogP contribution in [0.25, 0.3) is 0 Å². The van der Waals surface area contributed by atoms with E-state index in [0.717, 1.165) is 13.0 Å². The van der Waals surface area contributed by atoms with Gasteiger partial charge in [-0.25, -0.2) is 13.2 Å². The lowest BCUT2D eigenvalue weighted by molar-refractivity contribution is 0.0696. The molecule has 1 rings (SSSR count). The number of carboxylic acids is 1. The predicted octanol–water partition coefficient (Wildman–Crippen LogP) is 1.50. The van der Waals surface area contributed by atoms with Crippen molar-refractivity contribution in [2.24, 2.45) is 0 Å². The fourth-order valence-electron chi connectivity index (χ4n) is 1.71. The van der Waals surface area contributed by atoms with Crippen LogP contribution in [0.1, 0.15) is 23.7 Å². The Morgan fingerprint density at radius 3 is 2.58 bits per heavy atom. The number of carbonyl (C=O) groups is 1. The Morgan fingerprint density at radius 2 is 2.00 bits per heavy atom. The number of rotatable bonds is 7. The Kier molecular flexibility index (Phi) is 5.50. The van der Waals surface area contributed by atoms with E-state index in [1.165, 1.54) is 24.3 Å². The molecule has 106 valence electrons. The number of nitrogens with zero attached hydrogens (tertiary/aromatic N) is 1. The maximum absolute atomic E-state index is 12.1. The van der Waals surface area contributed by atoms with Crippen LogP contribution in [0.4, 0.5) is 0 Å². The van der Waals surface area contributed by atoms with Crippen LogP contribution in [0.3, 0.4) is 0 Å². The molecule has 0 amide bonds. The number of benzene rings is 1. The van der Waals surface area contributed by atoms with Gasteiger partial charge in [0, 0.05) is 6.54 Å². The van der Waals surface area contributed by atoms with Crippen LogP contribution in [0.15, 0.2) is 29.2 Å². The number of hydrogen-bond donors (Lipinski definition) is 1. The predicted molar refractivity (Wildman–Crippen MR) is 73.2 cm³/mol. The van der Waals surface area contributed by atoms with Gasteiger partial charge in [-0.15, -0.1) is 0 Å². The first-order valence-corrected chi connectivity index (χ1v) is 7.76. The highest BCUT2D eigenvalue weighted by molar-refractivity contribution is 7.91. The lowest BCUT2D eigenvalue weighted by Gasteiger charge is -2.15. The summed E-state index contributed by atoms with van der Waals surface area (Å²) in [5.41, 5.74) is -0.0111. The van der Waals surface area contributed by atoms with Gasteiger partial charge in [0.2, 0.25) is 0 Å². The van der Waals surface area contributed by atoms with Gasteiger partial charge in [-0.1, -0.05) is 13.0 Å². The Bertz CT molecular complexity index is 539. The van der Waals surface area contributed by atoms with Crippen molar-refractivity contribution in [3.05, 3.63) is 29.8 Å². The van der Waals surface area contributed by atoms with Crippen molar-refractivity contribution in [3.63, 3.8) is 0 Å². The van der Waals surface area contributed by atoms with Crippen LogP contribution >= 0.6 is 0 Å². The average Bonchev–Trinajstić information content (AvgIpc) is 2.37. The quantitative estimate of drug-likeness (QED) is 0.821. The monoisotopic (exact) mass is 285 g/mol. The summed E-state index contributed by atoms with van der Waals surface area (Å²) in [5, 5.41) is 8.86. The minimum absolute atomic E-state index is 0.00737. The molecule has 5 nitrogen and oxygen atoms in total. The van der Waals surface area contributed by atoms with Gasteiger partial charge in [0.15, 0.2) is 9.84 Å². The van der Waals surface area contributed by atoms with Gasteiger partial charge in [0.1, 0.15) is 0 Å². The zero-order valence-corrected chi connectivity index (χ0v) is 12.0. The smallest absolute Gasteiger partial charge is 0.335 e. The van der Waals surface area contributed by atoms with E-state index in [0.29, 0.717) is 6.54 Å². The molecule has 0 saturated heterocycles. The molecule has 0 heterocycles. The van der Waals surface area contributed by atoms with E-state index >= 15 is 0 Å². The van der Waals surface area contributed by atoms with Crippen molar-refractivity contribution in [2.45, 2.75) is 18.2 Å². The molecule has 1 N–H and O–H groups in total. The third-order valence-electron chi connectivity index (χ3n) is 2.79. The molecule has 0 bridgehead atoms. The van der Waals surface area contributed by atoms with Crippen LogP contribution in [0.5, 0.6) is 0 Å². The fourth-order valence-corrected chi connectivity index (χ4v) is 3.09. The van der Waals surface area contributed by atoms with Gasteiger partial charge in [-0.2, -0.15) is 0 Å². The summed E-state index contributed by atoms with van der Waals surface area (Å²) in [5.74, 6) is -1.13. The normalized spacial score (nSPS) is 11.7. The lowest BCUT2D eigenvalue weighted by atomic mass is 10.2. The first-order chi connectivity index (χ1) is 8.86. The summed E-state index contributed by atoms with van der Waals surface area (Å²) in [4.78, 5) is 12.8. The Hall–Kier alpha value is -1.40. The molecule has 0 spiro atoms. The maximum Gasteiger partial charge on any atom is 0.335 e. The highest BCUT2D eigenvalue weighted by Crippen LogP contribution is 2.13. The first kappa shape index (κ1) is 15.7. The summed E-state index contributed by atoms with van der Waals surface area (Å²) < 4.78 is 24.2.